The summed E-state index contributed by atoms with van der Waals surface area (Å²) in [7, 11) is 0. The molecule has 0 saturated carbocycles. The summed E-state index contributed by atoms with van der Waals surface area (Å²) in [4.78, 5) is 12.1. The minimum absolute atomic E-state index is 0.177. The molecule has 0 aromatic heterocycles. The maximum absolute atomic E-state index is 12.1. The average molecular weight is 369 g/mol. The van der Waals surface area contributed by atoms with E-state index in [-0.39, 0.29) is 18.6 Å². The van der Waals surface area contributed by atoms with E-state index >= 15 is 0 Å². The van der Waals surface area contributed by atoms with Crippen LogP contribution in [0.1, 0.15) is 30.0 Å². The first-order chi connectivity index (χ1) is 13.1. The molecule has 0 aliphatic carbocycles. The van der Waals surface area contributed by atoms with Crippen molar-refractivity contribution in [2.45, 2.75) is 43.2 Å². The molecule has 2 aliphatic rings. The summed E-state index contributed by atoms with van der Waals surface area (Å²) in [6.45, 7) is 1.86. The Balaban J connectivity index is 1.72. The van der Waals surface area contributed by atoms with Crippen molar-refractivity contribution >= 4 is 5.97 Å². The van der Waals surface area contributed by atoms with Gasteiger partial charge in [0.15, 0.2) is 12.2 Å². The van der Waals surface area contributed by atoms with Gasteiger partial charge in [-0.3, -0.25) is 0 Å². The van der Waals surface area contributed by atoms with Crippen molar-refractivity contribution in [3.63, 3.8) is 0 Å². The van der Waals surface area contributed by atoms with Crippen LogP contribution in [0.3, 0.4) is 0 Å². The molecule has 0 amide bonds. The Morgan fingerprint density at radius 2 is 1.89 bits per heavy atom. The summed E-state index contributed by atoms with van der Waals surface area (Å²) < 4.78 is 11.0. The highest BCUT2D eigenvalue weighted by atomic mass is 16.6. The van der Waals surface area contributed by atoms with E-state index in [0.29, 0.717) is 5.75 Å². The number of hydrogen-bond acceptors (Lipinski definition) is 6. The largest absolute Gasteiger partial charge is 0.485 e. The van der Waals surface area contributed by atoms with Gasteiger partial charge in [0, 0.05) is 11.5 Å². The van der Waals surface area contributed by atoms with Crippen LogP contribution in [0.25, 0.3) is 0 Å². The fourth-order valence-electron chi connectivity index (χ4n) is 4.17. The van der Waals surface area contributed by atoms with Crippen molar-refractivity contribution in [3.8, 4) is 5.75 Å². The lowest BCUT2D eigenvalue weighted by Crippen LogP contribution is -2.54. The van der Waals surface area contributed by atoms with Crippen molar-refractivity contribution < 1.29 is 24.5 Å². The number of ether oxygens (including phenoxy) is 2. The molecule has 6 nitrogen and oxygen atoms in total. The summed E-state index contributed by atoms with van der Waals surface area (Å²) in [6, 6.07) is 16.3. The molecule has 0 spiro atoms. The molecule has 0 unspecified atom stereocenters. The number of carbonyl (C=O) groups is 1. The maximum Gasteiger partial charge on any atom is 0.338 e. The molecule has 2 aliphatic heterocycles. The van der Waals surface area contributed by atoms with Gasteiger partial charge in [-0.1, -0.05) is 48.5 Å². The first-order valence-electron chi connectivity index (χ1n) is 9.21. The minimum atomic E-state index is -1.44. The van der Waals surface area contributed by atoms with E-state index < -0.39 is 30.3 Å². The number of benzene rings is 2. The minimum Gasteiger partial charge on any atom is -0.485 e. The van der Waals surface area contributed by atoms with Crippen LogP contribution in [-0.4, -0.2) is 47.1 Å². The molecule has 0 bridgehead atoms. The van der Waals surface area contributed by atoms with Crippen LogP contribution in [0.15, 0.2) is 54.6 Å². The van der Waals surface area contributed by atoms with E-state index in [4.69, 9.17) is 9.47 Å². The van der Waals surface area contributed by atoms with Gasteiger partial charge < -0.3 is 25.0 Å². The molecule has 142 valence electrons. The molecular weight excluding hydrogens is 346 g/mol. The van der Waals surface area contributed by atoms with Gasteiger partial charge in [0.05, 0.1) is 24.8 Å². The van der Waals surface area contributed by atoms with Crippen LogP contribution >= 0.6 is 0 Å². The SMILES string of the molecule is CCOC(=O)[C@H](O)[C@@H]1Oc2ccccc2[C@@H]2[C@H](O)[C@H](c3ccccc3)N[C@H]12. The fraction of sp³-hybridized carbons (Fsp3) is 0.381. The molecule has 6 heteroatoms. The Morgan fingerprint density at radius 3 is 2.63 bits per heavy atom. The smallest absolute Gasteiger partial charge is 0.338 e. The van der Waals surface area contributed by atoms with Gasteiger partial charge in [0.2, 0.25) is 0 Å². The van der Waals surface area contributed by atoms with Gasteiger partial charge in [-0.05, 0) is 18.6 Å². The molecule has 3 N–H and O–H groups in total. The van der Waals surface area contributed by atoms with Crippen LogP contribution in [0.4, 0.5) is 0 Å². The Bertz CT molecular complexity index is 811. The highest BCUT2D eigenvalue weighted by Gasteiger charge is 2.53. The van der Waals surface area contributed by atoms with Crippen molar-refractivity contribution in [2.24, 2.45) is 0 Å². The Morgan fingerprint density at radius 1 is 1.19 bits per heavy atom. The van der Waals surface area contributed by atoms with E-state index in [1.807, 2.05) is 48.5 Å². The molecule has 1 fully saturated rings. The number of aliphatic hydroxyl groups excluding tert-OH is 2. The third-order valence-corrected chi connectivity index (χ3v) is 5.36. The van der Waals surface area contributed by atoms with Crippen LogP contribution in [0, 0.1) is 0 Å². The predicted octanol–water partition coefficient (Wildman–Crippen LogP) is 1.53. The van der Waals surface area contributed by atoms with E-state index in [0.717, 1.165) is 11.1 Å². The number of para-hydroxylation sites is 1. The van der Waals surface area contributed by atoms with Crippen LogP contribution in [0.2, 0.25) is 0 Å². The first-order valence-corrected chi connectivity index (χ1v) is 9.21. The highest BCUT2D eigenvalue weighted by molar-refractivity contribution is 5.75. The predicted molar refractivity (Wildman–Crippen MR) is 98.4 cm³/mol. The molecule has 2 aromatic rings. The lowest BCUT2D eigenvalue weighted by atomic mass is 9.81. The zero-order valence-electron chi connectivity index (χ0n) is 15.0. The van der Waals surface area contributed by atoms with Gasteiger partial charge in [-0.25, -0.2) is 4.79 Å². The summed E-state index contributed by atoms with van der Waals surface area (Å²) in [5.74, 6) is -0.462. The van der Waals surface area contributed by atoms with Crippen molar-refractivity contribution in [2.75, 3.05) is 6.61 Å². The summed E-state index contributed by atoms with van der Waals surface area (Å²) in [5, 5.41) is 25.1. The van der Waals surface area contributed by atoms with Crippen LogP contribution in [0.5, 0.6) is 5.75 Å². The van der Waals surface area contributed by atoms with Gasteiger partial charge >= 0.3 is 5.97 Å². The number of esters is 1. The molecule has 1 saturated heterocycles. The molecular formula is C21H23NO5. The number of rotatable bonds is 4. The van der Waals surface area contributed by atoms with E-state index in [9.17, 15) is 15.0 Å². The standard InChI is InChI=1S/C21H23NO5/c1-2-26-21(25)19(24)20-17-15(13-10-6-7-11-14(13)27-20)18(23)16(22-17)12-8-4-3-5-9-12/h3-11,15-20,22-24H,2H2,1H3/t15-,16-,17-,18-,19+,20+/m0/s1. The number of aliphatic hydroxyl groups is 2. The molecule has 2 aromatic carbocycles. The molecule has 27 heavy (non-hydrogen) atoms. The lowest BCUT2D eigenvalue weighted by Gasteiger charge is -2.37. The zero-order valence-corrected chi connectivity index (χ0v) is 15.0. The second-order valence-corrected chi connectivity index (χ2v) is 6.91. The van der Waals surface area contributed by atoms with Gasteiger partial charge in [-0.2, -0.15) is 0 Å². The topological polar surface area (TPSA) is 88.0 Å². The summed E-state index contributed by atoms with van der Waals surface area (Å²) in [6.07, 6.45) is -3.02. The molecule has 2 heterocycles. The average Bonchev–Trinajstić information content (AvgIpc) is 3.05. The lowest BCUT2D eigenvalue weighted by molar-refractivity contribution is -0.159. The monoisotopic (exact) mass is 369 g/mol. The third kappa shape index (κ3) is 3.10. The van der Waals surface area contributed by atoms with E-state index in [1.54, 1.807) is 13.0 Å². The highest BCUT2D eigenvalue weighted by Crippen LogP contribution is 2.46. The zero-order chi connectivity index (χ0) is 19.0. The van der Waals surface area contributed by atoms with Crippen molar-refractivity contribution in [3.05, 3.63) is 65.7 Å². The summed E-state index contributed by atoms with van der Waals surface area (Å²) >= 11 is 0. The van der Waals surface area contributed by atoms with Gasteiger partial charge in [-0.15, -0.1) is 0 Å². The maximum atomic E-state index is 12.1. The molecule has 6 atom stereocenters. The summed E-state index contributed by atoms with van der Waals surface area (Å²) in [5.41, 5.74) is 1.81. The Labute approximate surface area is 157 Å². The second kappa shape index (κ2) is 7.31. The van der Waals surface area contributed by atoms with Crippen molar-refractivity contribution in [1.29, 1.82) is 0 Å². The fourth-order valence-corrected chi connectivity index (χ4v) is 4.17. The number of fused-ring (bicyclic) bond motifs is 3. The van der Waals surface area contributed by atoms with Gasteiger partial charge in [0.1, 0.15) is 5.75 Å². The van der Waals surface area contributed by atoms with Crippen LogP contribution in [-0.2, 0) is 9.53 Å². The quantitative estimate of drug-likeness (QED) is 0.709. The Hall–Kier alpha value is -2.41. The Kier molecular flexibility index (Phi) is 4.86. The van der Waals surface area contributed by atoms with Gasteiger partial charge in [0.25, 0.3) is 0 Å². The van der Waals surface area contributed by atoms with Crippen LogP contribution < -0.4 is 10.1 Å². The first kappa shape index (κ1) is 18.0. The molecule has 4 rings (SSSR count). The third-order valence-electron chi connectivity index (χ3n) is 5.36. The number of carbonyl (C=O) groups excluding carboxylic acids is 1. The number of nitrogens with one attached hydrogen (secondary N) is 1. The molecule has 0 radical (unpaired) electrons. The normalized spacial score (nSPS) is 30.0. The number of hydrogen-bond donors (Lipinski definition) is 3. The second-order valence-electron chi connectivity index (χ2n) is 6.91. The van der Waals surface area contributed by atoms with Crippen molar-refractivity contribution in [1.82, 2.24) is 5.32 Å². The van der Waals surface area contributed by atoms with E-state index in [2.05, 4.69) is 5.32 Å². The van der Waals surface area contributed by atoms with E-state index in [1.165, 1.54) is 0 Å².